The summed E-state index contributed by atoms with van der Waals surface area (Å²) in [7, 11) is 0. The van der Waals surface area contributed by atoms with E-state index < -0.39 is 35.7 Å². The summed E-state index contributed by atoms with van der Waals surface area (Å²) in [6.45, 7) is 0.216. The van der Waals surface area contributed by atoms with Gasteiger partial charge in [0.15, 0.2) is 5.60 Å². The highest BCUT2D eigenvalue weighted by atomic mass is 16.7. The van der Waals surface area contributed by atoms with Crippen LogP contribution in [-0.4, -0.2) is 58.0 Å². The summed E-state index contributed by atoms with van der Waals surface area (Å²) in [6, 6.07) is 16.9. The van der Waals surface area contributed by atoms with Crippen LogP contribution in [0.2, 0.25) is 0 Å². The number of rotatable bonds is 6. The molecule has 2 aromatic carbocycles. The zero-order valence-electron chi connectivity index (χ0n) is 20.5. The van der Waals surface area contributed by atoms with Crippen LogP contribution in [0.3, 0.4) is 0 Å². The van der Waals surface area contributed by atoms with Gasteiger partial charge >= 0.3 is 0 Å². The monoisotopic (exact) mass is 966 g/mol. The van der Waals surface area contributed by atoms with Crippen LogP contribution in [-0.2, 0) is 32.1 Å². The van der Waals surface area contributed by atoms with Gasteiger partial charge in [-0.3, -0.25) is 14.4 Å². The second-order valence-electron chi connectivity index (χ2n) is 10.5. The molecule has 424 valence electrons. The third kappa shape index (κ3) is 30.9. The number of amides is 2. The van der Waals surface area contributed by atoms with Crippen LogP contribution in [0, 0.1) is 17.8 Å². The fourth-order valence-electron chi connectivity index (χ4n) is 5.88. The number of aliphatic hydroxyl groups excluding tert-OH is 1. The van der Waals surface area contributed by atoms with Crippen LogP contribution in [0.15, 0.2) is 54.6 Å². The number of aliphatic hydroxyl groups is 1. The van der Waals surface area contributed by atoms with Crippen molar-refractivity contribution in [1.29, 1.82) is 0 Å². The Hall–Kier alpha value is -3.22. The van der Waals surface area contributed by atoms with Crippen molar-refractivity contribution in [3.8, 4) is 11.8 Å². The molecular formula is C58H147N3O5. The van der Waals surface area contributed by atoms with E-state index in [9.17, 15) is 14.7 Å². The van der Waals surface area contributed by atoms with E-state index in [2.05, 4.69) is 17.2 Å². The van der Waals surface area contributed by atoms with E-state index in [0.29, 0.717) is 6.42 Å². The van der Waals surface area contributed by atoms with E-state index in [1.165, 1.54) is 5.06 Å². The maximum atomic E-state index is 13.6. The van der Waals surface area contributed by atoms with Gasteiger partial charge in [-0.15, -0.1) is 0 Å². The lowest BCUT2D eigenvalue weighted by atomic mass is 9.70. The molecule has 0 unspecified atom stereocenters. The van der Waals surface area contributed by atoms with Crippen LogP contribution < -0.4 is 11.1 Å². The van der Waals surface area contributed by atoms with E-state index in [1.807, 2.05) is 54.6 Å². The third-order valence-electron chi connectivity index (χ3n) is 8.14. The molecule has 8 heteroatoms. The summed E-state index contributed by atoms with van der Waals surface area (Å²) in [5, 5.41) is 15.8. The van der Waals surface area contributed by atoms with Crippen molar-refractivity contribution < 1.29 is 24.3 Å². The molecule has 0 aromatic heterocycles. The van der Waals surface area contributed by atoms with Gasteiger partial charge in [-0.05, 0) is 36.5 Å². The molecule has 66 heavy (non-hydrogen) atoms. The maximum Gasteiger partial charge on any atom is 0.252 e. The van der Waals surface area contributed by atoms with Crippen molar-refractivity contribution in [2.75, 3.05) is 0 Å². The molecule has 2 aliphatic heterocycles. The molecule has 2 amide bonds. The summed E-state index contributed by atoms with van der Waals surface area (Å²) in [4.78, 5) is 32.7. The topological polar surface area (TPSA) is 117 Å². The number of primary amides is 1. The van der Waals surface area contributed by atoms with Gasteiger partial charge in [-0.25, -0.2) is 0 Å². The molecule has 2 saturated carbocycles. The van der Waals surface area contributed by atoms with Gasteiger partial charge in [0.25, 0.3) is 5.91 Å². The van der Waals surface area contributed by atoms with Gasteiger partial charge in [-0.2, -0.15) is 5.06 Å². The standard InChI is InChI=1S/C29H31N3O5.29CH4/c30-28(35)29-16-22-26(36-22)25(33)23(29)24(27(34)31-21-14-7-15-21)32(37-29)17-20-12-5-4-11-19(20)13-6-10-18-8-2-1-3-9-18;;;;;;;;;;;;;;;;;;;;;;;;;;;;;/h1-5,8-9,11-12,21-26,33H,7,10,14-17H2,(H2,30,35)(H,31,34);29*1H4/t22-,23+,24-,25-,26-,29-;;;;;;;;;;;;;;;;;;;;;;;;;;;;;/m0............................./s1. The largest absolute Gasteiger partial charge is 0.390 e. The molecule has 4 N–H and O–H groups in total. The Balaban J connectivity index is -0.0000000276. The predicted octanol–water partition coefficient (Wildman–Crippen LogP) is 19.9. The highest BCUT2D eigenvalue weighted by molar-refractivity contribution is 5.89. The average molecular weight is 967 g/mol. The number of fused-ring (bicyclic) bond motifs is 2. The van der Waals surface area contributed by atoms with E-state index >= 15 is 0 Å². The number of ether oxygens (including phenoxy) is 1. The van der Waals surface area contributed by atoms with Crippen molar-refractivity contribution in [3.05, 3.63) is 71.3 Å². The van der Waals surface area contributed by atoms with Gasteiger partial charge in [0.2, 0.25) is 5.91 Å². The number of benzene rings is 2. The van der Waals surface area contributed by atoms with Gasteiger partial charge in [0, 0.05) is 24.4 Å². The van der Waals surface area contributed by atoms with E-state index in [-0.39, 0.29) is 246 Å². The number of nitrogens with two attached hydrogens (primary N) is 1. The summed E-state index contributed by atoms with van der Waals surface area (Å²) >= 11 is 0. The molecule has 2 saturated heterocycles. The van der Waals surface area contributed by atoms with E-state index in [1.54, 1.807) is 0 Å². The number of nitrogens with one attached hydrogen (secondary N) is 1. The molecule has 4 fully saturated rings. The first-order valence-electron chi connectivity index (χ1n) is 13.0. The highest BCUT2D eigenvalue weighted by Crippen LogP contribution is 2.53. The molecule has 2 heterocycles. The van der Waals surface area contributed by atoms with Crippen molar-refractivity contribution in [2.24, 2.45) is 11.7 Å². The molecular weight excluding hydrogens is 819 g/mol. The zero-order chi connectivity index (χ0) is 25.6. The van der Waals surface area contributed by atoms with E-state index in [4.69, 9.17) is 15.3 Å². The highest BCUT2D eigenvalue weighted by Gasteiger charge is 2.72. The Morgan fingerprint density at radius 3 is 1.48 bits per heavy atom. The Morgan fingerprint density at radius 2 is 1.08 bits per heavy atom. The minimum absolute atomic E-state index is 0. The molecule has 0 radical (unpaired) electrons. The van der Waals surface area contributed by atoms with Crippen molar-refractivity contribution >= 4 is 11.8 Å². The number of hydroxylamine groups is 2. The summed E-state index contributed by atoms with van der Waals surface area (Å²) in [5.41, 5.74) is 7.18. The first-order valence-corrected chi connectivity index (χ1v) is 13.0. The second-order valence-corrected chi connectivity index (χ2v) is 10.5. The minimum Gasteiger partial charge on any atom is -0.390 e. The predicted molar refractivity (Wildman–Crippen MR) is 330 cm³/mol. The van der Waals surface area contributed by atoms with Gasteiger partial charge in [0.05, 0.1) is 24.7 Å². The van der Waals surface area contributed by atoms with Crippen molar-refractivity contribution in [3.63, 3.8) is 0 Å². The average Bonchev–Trinajstić information content (AvgIpc) is 3.56. The number of carbonyl (C=O) groups excluding carboxylic acids is 2. The Morgan fingerprint density at radius 1 is 0.652 bits per heavy atom. The molecule has 4 aliphatic rings. The Bertz CT molecular complexity index is 1260. The van der Waals surface area contributed by atoms with Crippen LogP contribution in [0.4, 0.5) is 0 Å². The smallest absolute Gasteiger partial charge is 0.252 e. The Kier molecular flexibility index (Phi) is 159. The van der Waals surface area contributed by atoms with Crippen LogP contribution >= 0.6 is 0 Å². The fraction of sp³-hybridized carbons (Fsp3) is 0.724. The third-order valence-corrected chi connectivity index (χ3v) is 8.14. The summed E-state index contributed by atoms with van der Waals surface area (Å²) in [6.07, 6.45) is 2.00. The van der Waals surface area contributed by atoms with Crippen molar-refractivity contribution in [2.45, 2.75) is 290 Å². The van der Waals surface area contributed by atoms with Gasteiger partial charge in [-0.1, -0.05) is 276 Å². The van der Waals surface area contributed by atoms with Gasteiger partial charge < -0.3 is 20.9 Å². The maximum absolute atomic E-state index is 13.6. The normalized spacial score (nSPS) is 18.1. The number of epoxide rings is 1. The van der Waals surface area contributed by atoms with Crippen molar-refractivity contribution in [1.82, 2.24) is 10.4 Å². The van der Waals surface area contributed by atoms with Crippen LogP contribution in [0.25, 0.3) is 0 Å². The van der Waals surface area contributed by atoms with Crippen LogP contribution in [0.5, 0.6) is 0 Å². The first-order chi connectivity index (χ1) is 18.0. The molecule has 2 aromatic rings. The second kappa shape index (κ2) is 66.1. The van der Waals surface area contributed by atoms with Gasteiger partial charge in [0.1, 0.15) is 12.1 Å². The number of carbonyl (C=O) groups is 2. The zero-order valence-corrected chi connectivity index (χ0v) is 20.5. The molecule has 0 bridgehead atoms. The lowest BCUT2D eigenvalue weighted by molar-refractivity contribution is -0.217. The van der Waals surface area contributed by atoms with E-state index in [0.717, 1.165) is 36.0 Å². The number of hydrogen-bond acceptors (Lipinski definition) is 6. The quantitative estimate of drug-likeness (QED) is 0.196. The summed E-state index contributed by atoms with van der Waals surface area (Å²) in [5.74, 6) is 4.71. The lowest BCUT2D eigenvalue weighted by Gasteiger charge is -2.36. The summed E-state index contributed by atoms with van der Waals surface area (Å²) < 4.78 is 5.59. The lowest BCUT2D eigenvalue weighted by Crippen LogP contribution is -2.61. The molecule has 0 spiro atoms. The molecule has 8 nitrogen and oxygen atoms in total. The fourth-order valence-corrected chi connectivity index (χ4v) is 5.88. The molecule has 6 rings (SSSR count). The first kappa shape index (κ1) is 159. The SMILES string of the molecule is C.C.C.C.C.C.C.C.C.C.C.C.C.C.C.C.C.C.C.C.C.C.C.C.C.C.C.C.C.NC(=O)[C@]12C[C@@H]3O[C@@H]3[C@@H](O)[C@H]1[C@@H](C(=O)NC1CCC1)N(Cc1ccccc1C#CCc1ccccc1)O2. The molecule has 2 aliphatic carbocycles. The molecule has 6 atom stereocenters. The minimum atomic E-state index is -1.51. The van der Waals surface area contributed by atoms with Crippen LogP contribution in [0.1, 0.15) is 258 Å². The Labute approximate surface area is 429 Å². The number of hydrogen-bond donors (Lipinski definition) is 3. The number of nitrogens with zero attached hydrogens (tertiary/aromatic N) is 1.